The lowest BCUT2D eigenvalue weighted by Gasteiger charge is -2.05. The van der Waals surface area contributed by atoms with Crippen molar-refractivity contribution in [3.8, 4) is 0 Å². The van der Waals surface area contributed by atoms with Crippen molar-refractivity contribution in [2.45, 2.75) is 13.5 Å². The van der Waals surface area contributed by atoms with Gasteiger partial charge in [0.15, 0.2) is 4.80 Å². The van der Waals surface area contributed by atoms with E-state index in [4.69, 9.17) is 4.74 Å². The summed E-state index contributed by atoms with van der Waals surface area (Å²) in [6.07, 6.45) is 0. The number of fused-ring (bicyclic) bond motifs is 1. The van der Waals surface area contributed by atoms with E-state index in [0.717, 1.165) is 10.2 Å². The third kappa shape index (κ3) is 4.05. The summed E-state index contributed by atoms with van der Waals surface area (Å²) in [5.74, 6) is -0.654. The number of benzene rings is 2. The number of hydrogen-bond donors (Lipinski definition) is 0. The fraction of sp³-hybridized carbons (Fsp3) is 0.222. The SMILES string of the molecule is CCOCCn1c(=NC(=O)c2ccccc2Br)sc2cc(F)ccc21. The average molecular weight is 423 g/mol. The second-order valence-electron chi connectivity index (χ2n) is 5.24. The fourth-order valence-electron chi connectivity index (χ4n) is 2.43. The number of aromatic nitrogens is 1. The molecule has 3 rings (SSSR count). The number of ether oxygens (including phenoxy) is 1. The Morgan fingerprint density at radius 2 is 2.12 bits per heavy atom. The molecule has 0 bridgehead atoms. The zero-order valence-electron chi connectivity index (χ0n) is 13.5. The molecule has 0 saturated carbocycles. The smallest absolute Gasteiger partial charge is 0.280 e. The zero-order chi connectivity index (χ0) is 17.8. The summed E-state index contributed by atoms with van der Waals surface area (Å²) >= 11 is 4.66. The number of amides is 1. The van der Waals surface area contributed by atoms with Crippen LogP contribution in [-0.2, 0) is 11.3 Å². The Morgan fingerprint density at radius 3 is 2.88 bits per heavy atom. The highest BCUT2D eigenvalue weighted by molar-refractivity contribution is 9.10. The van der Waals surface area contributed by atoms with Crippen LogP contribution in [0, 0.1) is 5.82 Å². The van der Waals surface area contributed by atoms with E-state index >= 15 is 0 Å². The summed E-state index contributed by atoms with van der Waals surface area (Å²) in [5, 5.41) is 0. The van der Waals surface area contributed by atoms with E-state index in [1.165, 1.54) is 23.5 Å². The molecule has 0 saturated heterocycles. The maximum atomic E-state index is 13.5. The number of carbonyl (C=O) groups excluding carboxylic acids is 1. The molecule has 0 radical (unpaired) electrons. The topological polar surface area (TPSA) is 43.6 Å². The maximum absolute atomic E-state index is 13.5. The number of halogens is 2. The highest BCUT2D eigenvalue weighted by atomic mass is 79.9. The lowest BCUT2D eigenvalue weighted by Crippen LogP contribution is -2.19. The summed E-state index contributed by atoms with van der Waals surface area (Å²) in [7, 11) is 0. The second-order valence-corrected chi connectivity index (χ2v) is 7.11. The van der Waals surface area contributed by atoms with Crippen LogP contribution in [0.15, 0.2) is 51.9 Å². The molecular weight excluding hydrogens is 407 g/mol. The molecule has 25 heavy (non-hydrogen) atoms. The predicted octanol–water partition coefficient (Wildman–Crippen LogP) is 4.38. The van der Waals surface area contributed by atoms with Crippen molar-refractivity contribution in [1.29, 1.82) is 0 Å². The summed E-state index contributed by atoms with van der Waals surface area (Å²) < 4.78 is 22.3. The standard InChI is InChI=1S/C18H16BrFN2O2S/c1-2-24-10-9-22-15-8-7-12(20)11-16(15)25-18(22)21-17(23)13-5-3-4-6-14(13)19/h3-8,11H,2,9-10H2,1H3. The molecule has 0 fully saturated rings. The Hall–Kier alpha value is -1.83. The van der Waals surface area contributed by atoms with Crippen molar-refractivity contribution >= 4 is 43.4 Å². The molecule has 0 aliphatic rings. The van der Waals surface area contributed by atoms with E-state index in [0.29, 0.717) is 34.6 Å². The average Bonchev–Trinajstić information content (AvgIpc) is 2.92. The van der Waals surface area contributed by atoms with Crippen LogP contribution in [0.5, 0.6) is 0 Å². The Balaban J connectivity index is 2.08. The van der Waals surface area contributed by atoms with Crippen molar-refractivity contribution in [2.24, 2.45) is 4.99 Å². The Bertz CT molecular complexity index is 981. The molecule has 1 amide bonds. The molecule has 0 atom stereocenters. The Morgan fingerprint density at radius 1 is 1.32 bits per heavy atom. The largest absolute Gasteiger partial charge is 0.380 e. The van der Waals surface area contributed by atoms with Gasteiger partial charge in [0.2, 0.25) is 0 Å². The van der Waals surface area contributed by atoms with Gasteiger partial charge in [0, 0.05) is 17.6 Å². The van der Waals surface area contributed by atoms with Crippen molar-refractivity contribution in [1.82, 2.24) is 4.57 Å². The van der Waals surface area contributed by atoms with Crippen LogP contribution in [0.1, 0.15) is 17.3 Å². The summed E-state index contributed by atoms with van der Waals surface area (Å²) in [6.45, 7) is 3.57. The van der Waals surface area contributed by atoms with Gasteiger partial charge in [0.05, 0.1) is 22.4 Å². The van der Waals surface area contributed by atoms with Gasteiger partial charge in [0.1, 0.15) is 5.82 Å². The van der Waals surface area contributed by atoms with Crippen LogP contribution in [0.2, 0.25) is 0 Å². The van der Waals surface area contributed by atoms with Crippen molar-refractivity contribution in [3.05, 3.63) is 63.1 Å². The van der Waals surface area contributed by atoms with E-state index in [1.54, 1.807) is 24.3 Å². The van der Waals surface area contributed by atoms with Crippen LogP contribution in [0.4, 0.5) is 4.39 Å². The Kier molecular flexibility index (Phi) is 5.78. The van der Waals surface area contributed by atoms with Gasteiger partial charge in [0.25, 0.3) is 5.91 Å². The van der Waals surface area contributed by atoms with Gasteiger partial charge in [-0.05, 0) is 53.2 Å². The molecule has 1 heterocycles. The number of hydrogen-bond acceptors (Lipinski definition) is 3. The van der Waals surface area contributed by atoms with Crippen molar-refractivity contribution in [3.63, 3.8) is 0 Å². The molecule has 0 spiro atoms. The fourth-order valence-corrected chi connectivity index (χ4v) is 3.96. The Labute approximate surface area is 156 Å². The third-order valence-electron chi connectivity index (χ3n) is 3.61. The number of rotatable bonds is 5. The van der Waals surface area contributed by atoms with Gasteiger partial charge in [-0.2, -0.15) is 4.99 Å². The number of carbonyl (C=O) groups is 1. The molecule has 0 N–H and O–H groups in total. The minimum Gasteiger partial charge on any atom is -0.380 e. The molecule has 2 aromatic carbocycles. The van der Waals surface area contributed by atoms with Crippen molar-refractivity contribution in [2.75, 3.05) is 13.2 Å². The first-order valence-corrected chi connectivity index (χ1v) is 9.41. The summed E-state index contributed by atoms with van der Waals surface area (Å²) in [5.41, 5.74) is 1.33. The number of nitrogens with zero attached hydrogens (tertiary/aromatic N) is 2. The summed E-state index contributed by atoms with van der Waals surface area (Å²) in [6, 6.07) is 11.7. The molecule has 1 aromatic heterocycles. The van der Waals surface area contributed by atoms with Crippen LogP contribution in [0.25, 0.3) is 10.2 Å². The third-order valence-corrected chi connectivity index (χ3v) is 5.34. The monoisotopic (exact) mass is 422 g/mol. The lowest BCUT2D eigenvalue weighted by molar-refractivity contribution is 0.0996. The summed E-state index contributed by atoms with van der Waals surface area (Å²) in [4.78, 5) is 17.4. The van der Waals surface area contributed by atoms with Crippen LogP contribution < -0.4 is 4.80 Å². The first-order valence-electron chi connectivity index (χ1n) is 7.80. The van der Waals surface area contributed by atoms with E-state index < -0.39 is 0 Å². The minimum absolute atomic E-state index is 0.311. The van der Waals surface area contributed by atoms with Crippen LogP contribution in [0.3, 0.4) is 0 Å². The molecule has 3 aromatic rings. The van der Waals surface area contributed by atoms with Gasteiger partial charge in [-0.25, -0.2) is 4.39 Å². The van der Waals surface area contributed by atoms with Gasteiger partial charge in [-0.15, -0.1) is 0 Å². The molecule has 0 aliphatic heterocycles. The molecule has 0 unspecified atom stereocenters. The van der Waals surface area contributed by atoms with Gasteiger partial charge in [-0.3, -0.25) is 4.79 Å². The van der Waals surface area contributed by atoms with E-state index in [9.17, 15) is 9.18 Å². The highest BCUT2D eigenvalue weighted by Gasteiger charge is 2.11. The first kappa shape index (κ1) is 18.0. The van der Waals surface area contributed by atoms with Gasteiger partial charge < -0.3 is 9.30 Å². The quantitative estimate of drug-likeness (QED) is 0.572. The van der Waals surface area contributed by atoms with E-state index in [1.807, 2.05) is 17.6 Å². The molecule has 130 valence electrons. The maximum Gasteiger partial charge on any atom is 0.280 e. The van der Waals surface area contributed by atoms with Crippen molar-refractivity contribution < 1.29 is 13.9 Å². The minimum atomic E-state index is -0.343. The lowest BCUT2D eigenvalue weighted by atomic mass is 10.2. The molecule has 4 nitrogen and oxygen atoms in total. The number of thiazole rings is 1. The first-order chi connectivity index (χ1) is 12.1. The second kappa shape index (κ2) is 8.03. The van der Waals surface area contributed by atoms with Gasteiger partial charge >= 0.3 is 0 Å². The van der Waals surface area contributed by atoms with Crippen LogP contribution >= 0.6 is 27.3 Å². The zero-order valence-corrected chi connectivity index (χ0v) is 15.9. The molecule has 7 heteroatoms. The predicted molar refractivity (Wildman–Crippen MR) is 100 cm³/mol. The normalized spacial score (nSPS) is 12.0. The highest BCUT2D eigenvalue weighted by Crippen LogP contribution is 2.20. The van der Waals surface area contributed by atoms with E-state index in [-0.39, 0.29) is 11.7 Å². The van der Waals surface area contributed by atoms with Crippen LogP contribution in [-0.4, -0.2) is 23.7 Å². The molecule has 0 aliphatic carbocycles. The van der Waals surface area contributed by atoms with Gasteiger partial charge in [-0.1, -0.05) is 23.5 Å². The van der Waals surface area contributed by atoms with E-state index in [2.05, 4.69) is 20.9 Å². The molecular formula is C18H16BrFN2O2S.